The van der Waals surface area contributed by atoms with Gasteiger partial charge in [0.25, 0.3) is 0 Å². The van der Waals surface area contributed by atoms with Crippen LogP contribution in [-0.2, 0) is 16.2 Å². The molecule has 0 radical (unpaired) electrons. The highest BCUT2D eigenvalue weighted by molar-refractivity contribution is 5.93. The highest BCUT2D eigenvalue weighted by Gasteiger charge is 2.79. The second kappa shape index (κ2) is 10.7. The van der Waals surface area contributed by atoms with E-state index in [0.29, 0.717) is 32.3 Å². The van der Waals surface area contributed by atoms with E-state index in [9.17, 15) is 23.1 Å². The van der Waals surface area contributed by atoms with E-state index in [1.54, 1.807) is 12.3 Å². The zero-order valence-corrected chi connectivity index (χ0v) is 23.8. The number of halogens is 5. The molecule has 2 unspecified atom stereocenters. The summed E-state index contributed by atoms with van der Waals surface area (Å²) in [6, 6.07) is 16.9. The van der Waals surface area contributed by atoms with Crippen LogP contribution in [0.4, 0.5) is 22.0 Å². The molecule has 5 atom stereocenters. The first-order chi connectivity index (χ1) is 20.4. The molecule has 4 aliphatic carbocycles. The quantitative estimate of drug-likeness (QED) is 0.208. The van der Waals surface area contributed by atoms with E-state index in [1.807, 2.05) is 54.6 Å². The van der Waals surface area contributed by atoms with E-state index >= 15 is 8.78 Å². The summed E-state index contributed by atoms with van der Waals surface area (Å²) in [5, 5.41) is 15.4. The summed E-state index contributed by atoms with van der Waals surface area (Å²) >= 11 is 0. The number of alkyl halides is 5. The van der Waals surface area contributed by atoms with Gasteiger partial charge in [-0.05, 0) is 84.3 Å². The third-order valence-corrected chi connectivity index (χ3v) is 10.5. The van der Waals surface area contributed by atoms with Crippen molar-refractivity contribution in [1.29, 1.82) is 0 Å². The number of hydrogen-bond donors (Lipinski definition) is 1. The van der Waals surface area contributed by atoms with Gasteiger partial charge in [-0.3, -0.25) is 4.79 Å². The topological polar surface area (TPSA) is 58.9 Å². The maximum atomic E-state index is 15.2. The number of carbonyl (C=O) groups is 1. The molecule has 228 valence electrons. The summed E-state index contributed by atoms with van der Waals surface area (Å²) in [6.45, 7) is 1.74. The van der Waals surface area contributed by atoms with Crippen LogP contribution in [-0.4, -0.2) is 34.8 Å². The second-order valence-electron chi connectivity index (χ2n) is 12.6. The largest absolute Gasteiger partial charge is 0.456 e. The Morgan fingerprint density at radius 3 is 2.42 bits per heavy atom. The van der Waals surface area contributed by atoms with Gasteiger partial charge in [-0.2, -0.15) is 22.0 Å². The van der Waals surface area contributed by atoms with Crippen molar-refractivity contribution in [2.24, 2.45) is 22.4 Å². The predicted molar refractivity (Wildman–Crippen MR) is 151 cm³/mol. The van der Waals surface area contributed by atoms with E-state index < -0.39 is 41.4 Å². The number of ketones is 1. The van der Waals surface area contributed by atoms with Crippen LogP contribution in [0.3, 0.4) is 0 Å². The lowest BCUT2D eigenvalue weighted by Gasteiger charge is -2.56. The molecule has 0 saturated heterocycles. The van der Waals surface area contributed by atoms with Gasteiger partial charge in [-0.1, -0.05) is 72.2 Å². The van der Waals surface area contributed by atoms with Crippen molar-refractivity contribution in [3.8, 4) is 0 Å². The van der Waals surface area contributed by atoms with E-state index in [2.05, 4.69) is 5.16 Å². The van der Waals surface area contributed by atoms with Gasteiger partial charge >= 0.3 is 12.1 Å². The molecule has 0 amide bonds. The molecule has 0 heterocycles. The number of oxime groups is 1. The molecule has 4 nitrogen and oxygen atoms in total. The summed E-state index contributed by atoms with van der Waals surface area (Å²) in [5.74, 6) is -6.47. The predicted octanol–water partition coefficient (Wildman–Crippen LogP) is 8.07. The van der Waals surface area contributed by atoms with E-state index in [-0.39, 0.29) is 24.5 Å². The van der Waals surface area contributed by atoms with Gasteiger partial charge in [0.1, 0.15) is 12.2 Å². The molecule has 6 rings (SSSR count). The Bertz CT molecular complexity index is 1480. The SMILES string of the molecule is C[C@]12C[C@H](c3ccc(/C=N\OCc4ccccc4)cc3)C3=C4CCC(=O)C=C4CCC3C1CC[C@@]2(O)C(F)(F)C(F)(F)F. The average Bonchev–Trinajstić information content (AvgIpc) is 3.26. The van der Waals surface area contributed by atoms with Crippen molar-refractivity contribution in [1.82, 2.24) is 0 Å². The van der Waals surface area contributed by atoms with Gasteiger partial charge in [-0.15, -0.1) is 0 Å². The van der Waals surface area contributed by atoms with Gasteiger partial charge in [0.05, 0.1) is 6.21 Å². The van der Waals surface area contributed by atoms with Gasteiger partial charge in [0.15, 0.2) is 5.78 Å². The number of nitrogens with zero attached hydrogens (tertiary/aromatic N) is 1. The van der Waals surface area contributed by atoms with E-state index in [4.69, 9.17) is 4.84 Å². The standard InChI is InChI=1S/C34H34F5NO3/c1-31-18-28(23-9-7-21(8-10-23)19-40-43-20-22-5-3-2-4-6-22)30-26-14-12-25(41)17-24(26)11-13-27(30)29(31)15-16-32(31,42)33(35,36)34(37,38)39/h2-10,17,19,27-29,42H,11-16,18,20H2,1H3/b40-19-/t27?,28-,29?,31+,32+/m1/s1. The molecule has 2 aromatic carbocycles. The summed E-state index contributed by atoms with van der Waals surface area (Å²) in [6.07, 6.45) is -1.23. The van der Waals surface area contributed by atoms with Crippen LogP contribution in [0.2, 0.25) is 0 Å². The molecule has 0 aliphatic heterocycles. The normalized spacial score (nSPS) is 31.0. The number of allylic oxidation sites excluding steroid dienone is 4. The number of hydrogen-bond acceptors (Lipinski definition) is 4. The van der Waals surface area contributed by atoms with Crippen LogP contribution >= 0.6 is 0 Å². The molecule has 4 aliphatic rings. The molecule has 1 N–H and O–H groups in total. The molecule has 0 aromatic heterocycles. The van der Waals surface area contributed by atoms with Crippen molar-refractivity contribution in [3.05, 3.63) is 94.1 Å². The molecule has 9 heteroatoms. The Balaban J connectivity index is 1.35. The molecular formula is C34H34F5NO3. The van der Waals surface area contributed by atoms with Crippen LogP contribution < -0.4 is 0 Å². The first-order valence-electron chi connectivity index (χ1n) is 14.8. The summed E-state index contributed by atoms with van der Waals surface area (Å²) in [5.41, 5.74) is 0.610. The molecule has 0 spiro atoms. The van der Waals surface area contributed by atoms with Crippen molar-refractivity contribution >= 4 is 12.0 Å². The fourth-order valence-electron chi connectivity index (χ4n) is 8.31. The third-order valence-electron chi connectivity index (χ3n) is 10.5. The van der Waals surface area contributed by atoms with Gasteiger partial charge in [0.2, 0.25) is 0 Å². The molecule has 43 heavy (non-hydrogen) atoms. The lowest BCUT2D eigenvalue weighted by Crippen LogP contribution is -2.65. The van der Waals surface area contributed by atoms with Gasteiger partial charge in [0, 0.05) is 17.8 Å². The Morgan fingerprint density at radius 1 is 1.00 bits per heavy atom. The van der Waals surface area contributed by atoms with Crippen molar-refractivity contribution < 1.29 is 36.7 Å². The summed E-state index contributed by atoms with van der Waals surface area (Å²) < 4.78 is 71.6. The minimum absolute atomic E-state index is 0.0492. The van der Waals surface area contributed by atoms with Crippen molar-refractivity contribution in [2.75, 3.05) is 0 Å². The van der Waals surface area contributed by atoms with Crippen LogP contribution in [0.5, 0.6) is 0 Å². The molecule has 0 bridgehead atoms. The zero-order valence-electron chi connectivity index (χ0n) is 23.8. The smallest absolute Gasteiger partial charge is 0.391 e. The van der Waals surface area contributed by atoms with Crippen molar-refractivity contribution in [2.45, 2.75) is 82.1 Å². The maximum absolute atomic E-state index is 15.2. The zero-order chi connectivity index (χ0) is 30.6. The first kappa shape index (κ1) is 29.7. The molecule has 2 fully saturated rings. The number of carbonyl (C=O) groups excluding carboxylic acids is 1. The fourth-order valence-corrected chi connectivity index (χ4v) is 8.31. The van der Waals surface area contributed by atoms with Gasteiger partial charge < -0.3 is 9.94 Å². The van der Waals surface area contributed by atoms with Crippen LogP contribution in [0, 0.1) is 17.3 Å². The minimum atomic E-state index is -5.87. The Morgan fingerprint density at radius 2 is 1.72 bits per heavy atom. The first-order valence-corrected chi connectivity index (χ1v) is 14.8. The Kier molecular flexibility index (Phi) is 7.39. The third kappa shape index (κ3) is 4.84. The van der Waals surface area contributed by atoms with Crippen molar-refractivity contribution in [3.63, 3.8) is 0 Å². The van der Waals surface area contributed by atoms with Gasteiger partial charge in [-0.25, -0.2) is 0 Å². The highest BCUT2D eigenvalue weighted by Crippen LogP contribution is 2.70. The molecular weight excluding hydrogens is 565 g/mol. The van der Waals surface area contributed by atoms with E-state index in [0.717, 1.165) is 33.4 Å². The Labute approximate surface area is 247 Å². The monoisotopic (exact) mass is 599 g/mol. The summed E-state index contributed by atoms with van der Waals surface area (Å²) in [4.78, 5) is 17.6. The number of rotatable bonds is 6. The van der Waals surface area contributed by atoms with Crippen LogP contribution in [0.25, 0.3) is 0 Å². The van der Waals surface area contributed by atoms with Crippen LogP contribution in [0.15, 0.2) is 82.5 Å². The molecule has 2 aromatic rings. The van der Waals surface area contributed by atoms with E-state index in [1.165, 1.54) is 6.92 Å². The lowest BCUT2D eigenvalue weighted by atomic mass is 9.50. The fraction of sp³-hybridized carbons (Fsp3) is 0.471. The lowest BCUT2D eigenvalue weighted by molar-refractivity contribution is -0.362. The Hall–Kier alpha value is -3.33. The minimum Gasteiger partial charge on any atom is -0.391 e. The molecule has 2 saturated carbocycles. The second-order valence-corrected chi connectivity index (χ2v) is 12.6. The number of aliphatic hydroxyl groups is 1. The number of benzene rings is 2. The number of fused-ring (bicyclic) bond motifs is 4. The highest BCUT2D eigenvalue weighted by atomic mass is 19.4. The maximum Gasteiger partial charge on any atom is 0.456 e. The average molecular weight is 600 g/mol. The van der Waals surface area contributed by atoms with Crippen LogP contribution in [0.1, 0.15) is 74.5 Å². The summed E-state index contributed by atoms with van der Waals surface area (Å²) in [7, 11) is 0.